The lowest BCUT2D eigenvalue weighted by Crippen LogP contribution is -2.52. The van der Waals surface area contributed by atoms with Gasteiger partial charge in [-0.25, -0.2) is 25.1 Å². The van der Waals surface area contributed by atoms with Crippen LogP contribution in [0.5, 0.6) is 11.8 Å². The van der Waals surface area contributed by atoms with Crippen LogP contribution >= 0.6 is 15.9 Å². The lowest BCUT2D eigenvalue weighted by molar-refractivity contribution is -0.120. The summed E-state index contributed by atoms with van der Waals surface area (Å²) in [5.74, 6) is -0.889. The van der Waals surface area contributed by atoms with E-state index < -0.39 is 17.8 Å². The number of carbonyl (C=O) groups excluding carboxylic acids is 3. The molecule has 0 aliphatic heterocycles. The van der Waals surface area contributed by atoms with E-state index in [1.807, 2.05) is 0 Å². The number of hydrogen-bond donors (Lipinski definition) is 3. The Bertz CT molecular complexity index is 1120. The lowest BCUT2D eigenvalue weighted by Gasteiger charge is -2.22. The zero-order valence-electron chi connectivity index (χ0n) is 16.9. The minimum absolute atomic E-state index is 0.0917. The number of aryl methyl sites for hydroxylation is 1. The van der Waals surface area contributed by atoms with Crippen LogP contribution in [0.15, 0.2) is 65.4 Å². The van der Waals surface area contributed by atoms with Gasteiger partial charge in [-0.1, -0.05) is 24.3 Å². The van der Waals surface area contributed by atoms with E-state index in [0.29, 0.717) is 10.2 Å². The number of hydrogen-bond acceptors (Lipinski definition) is 7. The van der Waals surface area contributed by atoms with Crippen LogP contribution in [0.25, 0.3) is 0 Å². The Hall–Kier alpha value is -3.83. The third-order valence-electron chi connectivity index (χ3n) is 4.15. The molecule has 0 bridgehead atoms. The second-order valence-corrected chi connectivity index (χ2v) is 7.34. The molecule has 1 heterocycles. The summed E-state index contributed by atoms with van der Waals surface area (Å²) in [6, 6.07) is 12.2. The van der Waals surface area contributed by atoms with Crippen LogP contribution in [-0.4, -0.2) is 34.4 Å². The number of hydrazine groups is 1. The maximum absolute atomic E-state index is 13.1. The summed E-state index contributed by atoms with van der Waals surface area (Å²) in [5, 5.41) is 0. The van der Waals surface area contributed by atoms with Crippen LogP contribution in [0.2, 0.25) is 0 Å². The molecule has 164 valence electrons. The van der Waals surface area contributed by atoms with Gasteiger partial charge in [0, 0.05) is 24.0 Å². The zero-order valence-corrected chi connectivity index (χ0v) is 18.5. The fourth-order valence-electron chi connectivity index (χ4n) is 2.56. The number of anilines is 1. The van der Waals surface area contributed by atoms with Crippen molar-refractivity contribution in [1.82, 2.24) is 20.8 Å². The Morgan fingerprint density at radius 2 is 1.75 bits per heavy atom. The van der Waals surface area contributed by atoms with Gasteiger partial charge in [-0.2, -0.15) is 0 Å². The molecular formula is C21H19BrN6O4. The molecule has 32 heavy (non-hydrogen) atoms. The monoisotopic (exact) mass is 498 g/mol. The highest BCUT2D eigenvalue weighted by atomic mass is 79.9. The van der Waals surface area contributed by atoms with Gasteiger partial charge in [-0.15, -0.1) is 0 Å². The molecule has 1 aromatic heterocycles. The van der Waals surface area contributed by atoms with Gasteiger partial charge in [-0.05, 0) is 46.6 Å². The number of urea groups is 1. The minimum Gasteiger partial charge on any atom is -0.424 e. The number of aromatic nitrogens is 2. The van der Waals surface area contributed by atoms with Gasteiger partial charge in [0.1, 0.15) is 5.75 Å². The van der Waals surface area contributed by atoms with Crippen molar-refractivity contribution < 1.29 is 19.1 Å². The molecular weight excluding hydrogens is 480 g/mol. The van der Waals surface area contributed by atoms with E-state index in [4.69, 9.17) is 10.5 Å². The normalized spacial score (nSPS) is 10.2. The van der Waals surface area contributed by atoms with Crippen molar-refractivity contribution in [3.63, 3.8) is 0 Å². The number of ether oxygens (including phenoxy) is 1. The molecule has 0 atom stereocenters. The van der Waals surface area contributed by atoms with E-state index in [1.165, 1.54) is 18.5 Å². The summed E-state index contributed by atoms with van der Waals surface area (Å²) in [7, 11) is 0. The van der Waals surface area contributed by atoms with Crippen LogP contribution in [0.1, 0.15) is 15.9 Å². The molecule has 0 spiro atoms. The van der Waals surface area contributed by atoms with Gasteiger partial charge in [0.2, 0.25) is 0 Å². The van der Waals surface area contributed by atoms with Crippen molar-refractivity contribution >= 4 is 39.5 Å². The van der Waals surface area contributed by atoms with Gasteiger partial charge in [0.15, 0.2) is 0 Å². The Kier molecular flexibility index (Phi) is 7.47. The van der Waals surface area contributed by atoms with Crippen LogP contribution in [0.4, 0.5) is 10.5 Å². The van der Waals surface area contributed by atoms with Crippen molar-refractivity contribution in [2.75, 3.05) is 11.4 Å². The van der Waals surface area contributed by atoms with Crippen LogP contribution in [0.3, 0.4) is 0 Å². The maximum atomic E-state index is 13.1. The zero-order chi connectivity index (χ0) is 23.1. The quantitative estimate of drug-likeness (QED) is 0.459. The Labute approximate surface area is 191 Å². The number of nitrogens with two attached hydrogens (primary N) is 1. The van der Waals surface area contributed by atoms with Gasteiger partial charge < -0.3 is 10.5 Å². The molecule has 0 aliphatic carbocycles. The van der Waals surface area contributed by atoms with E-state index in [2.05, 4.69) is 36.7 Å². The lowest BCUT2D eigenvalue weighted by atomic mass is 10.1. The summed E-state index contributed by atoms with van der Waals surface area (Å²) >= 11 is 3.25. The van der Waals surface area contributed by atoms with Crippen molar-refractivity contribution in [3.05, 3.63) is 76.5 Å². The van der Waals surface area contributed by atoms with Crippen LogP contribution < -0.4 is 26.2 Å². The van der Waals surface area contributed by atoms with Crippen LogP contribution in [0, 0.1) is 6.92 Å². The smallest absolute Gasteiger partial charge is 0.347 e. The SMILES string of the molecule is Cc1ccc(N(C(=O)NNC(=O)CN)C(=O)c2ccccc2)cc1Oc1ncc(Br)cn1. The van der Waals surface area contributed by atoms with Gasteiger partial charge in [0.25, 0.3) is 11.8 Å². The molecule has 0 fully saturated rings. The average Bonchev–Trinajstić information content (AvgIpc) is 2.81. The third-order valence-corrected chi connectivity index (χ3v) is 4.56. The number of halogens is 1. The molecule has 0 saturated carbocycles. The second kappa shape index (κ2) is 10.5. The Morgan fingerprint density at radius 3 is 2.41 bits per heavy atom. The number of nitrogens with zero attached hydrogens (tertiary/aromatic N) is 3. The van der Waals surface area contributed by atoms with E-state index in [9.17, 15) is 14.4 Å². The van der Waals surface area contributed by atoms with E-state index >= 15 is 0 Å². The molecule has 11 heteroatoms. The fraction of sp³-hybridized carbons (Fsp3) is 0.0952. The summed E-state index contributed by atoms with van der Waals surface area (Å²) in [6.07, 6.45) is 3.06. The molecule has 3 rings (SSSR count). The van der Waals surface area contributed by atoms with Gasteiger partial charge in [-0.3, -0.25) is 15.0 Å². The standard InChI is InChI=1S/C21H19BrN6O4/c1-13-7-8-16(9-17(13)32-20-24-11-15(22)12-25-20)28(21(31)27-26-18(29)10-23)19(30)14-5-3-2-4-6-14/h2-9,11-12H,10,23H2,1H3,(H,26,29)(H,27,31). The van der Waals surface area contributed by atoms with E-state index in [0.717, 1.165) is 10.5 Å². The Morgan fingerprint density at radius 1 is 1.06 bits per heavy atom. The average molecular weight is 499 g/mol. The molecule has 10 nitrogen and oxygen atoms in total. The summed E-state index contributed by atoms with van der Waals surface area (Å²) < 4.78 is 6.42. The van der Waals surface area contributed by atoms with Gasteiger partial charge >= 0.3 is 12.0 Å². The number of carbonyl (C=O) groups is 3. The molecule has 0 radical (unpaired) electrons. The summed E-state index contributed by atoms with van der Waals surface area (Å²) in [4.78, 5) is 46.4. The number of nitrogens with one attached hydrogen (secondary N) is 2. The first-order valence-electron chi connectivity index (χ1n) is 9.33. The van der Waals surface area contributed by atoms with Crippen molar-refractivity contribution in [3.8, 4) is 11.8 Å². The molecule has 0 saturated heterocycles. The molecule has 4 N–H and O–H groups in total. The molecule has 0 aliphatic rings. The summed E-state index contributed by atoms with van der Waals surface area (Å²) in [5.41, 5.74) is 10.8. The number of benzene rings is 2. The number of amides is 4. The predicted molar refractivity (Wildman–Crippen MR) is 120 cm³/mol. The largest absolute Gasteiger partial charge is 0.424 e. The van der Waals surface area contributed by atoms with E-state index in [1.54, 1.807) is 49.4 Å². The van der Waals surface area contributed by atoms with Gasteiger partial charge in [0.05, 0.1) is 16.7 Å². The minimum atomic E-state index is -0.879. The van der Waals surface area contributed by atoms with Crippen molar-refractivity contribution in [1.29, 1.82) is 0 Å². The fourth-order valence-corrected chi connectivity index (χ4v) is 2.76. The first-order chi connectivity index (χ1) is 15.4. The molecule has 2 aromatic carbocycles. The first-order valence-corrected chi connectivity index (χ1v) is 10.1. The predicted octanol–water partition coefficient (Wildman–Crippen LogP) is 2.69. The van der Waals surface area contributed by atoms with E-state index in [-0.39, 0.29) is 23.8 Å². The number of rotatable bonds is 5. The highest BCUT2D eigenvalue weighted by Gasteiger charge is 2.26. The third kappa shape index (κ3) is 5.65. The highest BCUT2D eigenvalue weighted by Crippen LogP contribution is 2.29. The van der Waals surface area contributed by atoms with Crippen molar-refractivity contribution in [2.45, 2.75) is 6.92 Å². The molecule has 3 aromatic rings. The Balaban J connectivity index is 1.96. The highest BCUT2D eigenvalue weighted by molar-refractivity contribution is 9.10. The molecule has 4 amide bonds. The first kappa shape index (κ1) is 22.8. The second-order valence-electron chi connectivity index (χ2n) is 6.42. The molecule has 0 unspecified atom stereocenters. The topological polar surface area (TPSA) is 140 Å². The maximum Gasteiger partial charge on any atom is 0.347 e. The summed E-state index contributed by atoms with van der Waals surface area (Å²) in [6.45, 7) is 1.46. The van der Waals surface area contributed by atoms with Crippen molar-refractivity contribution in [2.24, 2.45) is 5.73 Å². The van der Waals surface area contributed by atoms with Crippen LogP contribution in [-0.2, 0) is 4.79 Å². The number of imide groups is 1.